The maximum atomic E-state index is 6.31. The molecule has 0 radical (unpaired) electrons. The first-order valence-corrected chi connectivity index (χ1v) is 6.39. The van der Waals surface area contributed by atoms with Crippen LogP contribution in [0, 0.1) is 0 Å². The topological polar surface area (TPSA) is 22.1 Å². The Labute approximate surface area is 113 Å². The third kappa shape index (κ3) is 2.50. The van der Waals surface area contributed by atoms with Crippen LogP contribution in [0.5, 0.6) is 0 Å². The number of rotatable bonds is 2. The van der Waals surface area contributed by atoms with Gasteiger partial charge >= 0.3 is 0 Å². The quantitative estimate of drug-likeness (QED) is 0.753. The average Bonchev–Trinajstić information content (AvgIpc) is 2.28. The summed E-state index contributed by atoms with van der Waals surface area (Å²) in [7, 11) is 1.68. The van der Waals surface area contributed by atoms with Crippen molar-refractivity contribution < 1.29 is 4.74 Å². The molecule has 2 rings (SSSR count). The van der Waals surface area contributed by atoms with Gasteiger partial charge in [0.2, 0.25) is 0 Å². The number of aromatic nitrogens is 1. The van der Waals surface area contributed by atoms with E-state index in [2.05, 4.69) is 37.9 Å². The highest BCUT2D eigenvalue weighted by molar-refractivity contribution is 6.30. The van der Waals surface area contributed by atoms with Gasteiger partial charge in [0.05, 0.1) is 12.1 Å². The third-order valence-corrected chi connectivity index (χ3v) is 3.28. The van der Waals surface area contributed by atoms with Crippen LogP contribution < -0.4 is 0 Å². The minimum Gasteiger partial charge on any atom is -0.380 e. The summed E-state index contributed by atoms with van der Waals surface area (Å²) >= 11 is 6.31. The summed E-state index contributed by atoms with van der Waals surface area (Å²) in [6, 6.07) is 8.24. The molecule has 0 aliphatic carbocycles. The van der Waals surface area contributed by atoms with Gasteiger partial charge in [0, 0.05) is 18.1 Å². The molecule has 2 nitrogen and oxygen atoms in total. The number of hydrogen-bond donors (Lipinski definition) is 0. The number of fused-ring (bicyclic) bond motifs is 1. The molecule has 1 aromatic heterocycles. The van der Waals surface area contributed by atoms with Crippen LogP contribution in [0.3, 0.4) is 0 Å². The molecule has 0 aliphatic heterocycles. The summed E-state index contributed by atoms with van der Waals surface area (Å²) in [5.74, 6) is 0. The zero-order chi connectivity index (χ0) is 13.3. The van der Waals surface area contributed by atoms with Crippen LogP contribution in [0.4, 0.5) is 0 Å². The van der Waals surface area contributed by atoms with Crippen molar-refractivity contribution >= 4 is 22.5 Å². The van der Waals surface area contributed by atoms with Crippen molar-refractivity contribution in [1.29, 1.82) is 0 Å². The van der Waals surface area contributed by atoms with E-state index in [4.69, 9.17) is 16.3 Å². The largest absolute Gasteiger partial charge is 0.380 e. The van der Waals surface area contributed by atoms with Crippen molar-refractivity contribution in [1.82, 2.24) is 4.98 Å². The lowest BCUT2D eigenvalue weighted by Crippen LogP contribution is -2.12. The van der Waals surface area contributed by atoms with Crippen LogP contribution in [-0.2, 0) is 16.8 Å². The SMILES string of the molecule is COCc1cccc2cc(C(C)(C)C)c(Cl)nc12. The Bertz CT molecular complexity index is 572. The molecule has 0 atom stereocenters. The van der Waals surface area contributed by atoms with Crippen molar-refractivity contribution in [2.45, 2.75) is 32.8 Å². The van der Waals surface area contributed by atoms with E-state index in [1.165, 1.54) is 0 Å². The Hall–Kier alpha value is -1.12. The number of hydrogen-bond acceptors (Lipinski definition) is 2. The predicted molar refractivity (Wildman–Crippen MR) is 76.2 cm³/mol. The number of nitrogens with zero attached hydrogens (tertiary/aromatic N) is 1. The molecule has 0 spiro atoms. The van der Waals surface area contributed by atoms with Crippen LogP contribution in [-0.4, -0.2) is 12.1 Å². The molecule has 0 saturated heterocycles. The fraction of sp³-hybridized carbons (Fsp3) is 0.400. The lowest BCUT2D eigenvalue weighted by atomic mass is 9.87. The second-order valence-corrected chi connectivity index (χ2v) is 5.86. The van der Waals surface area contributed by atoms with Crippen molar-refractivity contribution in [2.24, 2.45) is 0 Å². The predicted octanol–water partition coefficient (Wildman–Crippen LogP) is 4.33. The number of methoxy groups -OCH3 is 1. The van der Waals surface area contributed by atoms with Gasteiger partial charge in [-0.1, -0.05) is 50.6 Å². The lowest BCUT2D eigenvalue weighted by molar-refractivity contribution is 0.186. The minimum absolute atomic E-state index is 0.00443. The standard InChI is InChI=1S/C15H18ClNO/c1-15(2,3)12-8-10-6-5-7-11(9-18-4)13(10)17-14(12)16/h5-8H,9H2,1-4H3. The van der Waals surface area contributed by atoms with E-state index in [1.54, 1.807) is 7.11 Å². The minimum atomic E-state index is -0.00443. The fourth-order valence-corrected chi connectivity index (χ4v) is 2.46. The molecule has 1 aromatic carbocycles. The molecule has 0 amide bonds. The van der Waals surface area contributed by atoms with E-state index >= 15 is 0 Å². The Morgan fingerprint density at radius 3 is 2.61 bits per heavy atom. The van der Waals surface area contributed by atoms with Crippen LogP contribution in [0.15, 0.2) is 24.3 Å². The lowest BCUT2D eigenvalue weighted by Gasteiger charge is -2.21. The van der Waals surface area contributed by atoms with Gasteiger partial charge in [-0.25, -0.2) is 4.98 Å². The first kappa shape index (κ1) is 13.3. The highest BCUT2D eigenvalue weighted by Gasteiger charge is 2.19. The molecule has 0 fully saturated rings. The van der Waals surface area contributed by atoms with Crippen molar-refractivity contribution in [2.75, 3.05) is 7.11 Å². The molecule has 3 heteroatoms. The monoisotopic (exact) mass is 263 g/mol. The number of benzene rings is 1. The molecular formula is C15H18ClNO. The summed E-state index contributed by atoms with van der Waals surface area (Å²) in [4.78, 5) is 4.55. The molecular weight excluding hydrogens is 246 g/mol. The third-order valence-electron chi connectivity index (χ3n) is 2.99. The summed E-state index contributed by atoms with van der Waals surface area (Å²) in [6.45, 7) is 6.97. The zero-order valence-electron chi connectivity index (χ0n) is 11.2. The van der Waals surface area contributed by atoms with Gasteiger partial charge in [-0.2, -0.15) is 0 Å². The Balaban J connectivity index is 2.67. The van der Waals surface area contributed by atoms with E-state index in [0.29, 0.717) is 11.8 Å². The fourth-order valence-electron chi connectivity index (χ4n) is 2.04. The van der Waals surface area contributed by atoms with Gasteiger partial charge in [0.25, 0.3) is 0 Å². The van der Waals surface area contributed by atoms with Crippen molar-refractivity contribution in [3.63, 3.8) is 0 Å². The molecule has 0 bridgehead atoms. The second-order valence-electron chi connectivity index (χ2n) is 5.50. The van der Waals surface area contributed by atoms with Crippen molar-refractivity contribution in [3.8, 4) is 0 Å². The second kappa shape index (κ2) is 4.87. The molecule has 0 aliphatic rings. The van der Waals surface area contributed by atoms with E-state index in [9.17, 15) is 0 Å². The van der Waals surface area contributed by atoms with Gasteiger partial charge in [-0.3, -0.25) is 0 Å². The Morgan fingerprint density at radius 2 is 2.00 bits per heavy atom. The zero-order valence-corrected chi connectivity index (χ0v) is 12.0. The maximum absolute atomic E-state index is 6.31. The molecule has 0 saturated carbocycles. The summed E-state index contributed by atoms with van der Waals surface area (Å²) in [5.41, 5.74) is 3.07. The Kier molecular flexibility index (Phi) is 3.60. The maximum Gasteiger partial charge on any atom is 0.133 e. The van der Waals surface area contributed by atoms with E-state index in [-0.39, 0.29) is 5.41 Å². The normalized spacial score (nSPS) is 12.1. The van der Waals surface area contributed by atoms with Crippen LogP contribution in [0.2, 0.25) is 5.15 Å². The van der Waals surface area contributed by atoms with Gasteiger partial charge in [-0.05, 0) is 17.0 Å². The first-order chi connectivity index (χ1) is 8.43. The molecule has 0 N–H and O–H groups in total. The molecule has 96 valence electrons. The van der Waals surface area contributed by atoms with Crippen LogP contribution in [0.1, 0.15) is 31.9 Å². The molecule has 18 heavy (non-hydrogen) atoms. The van der Waals surface area contributed by atoms with Gasteiger partial charge in [0.15, 0.2) is 0 Å². The smallest absolute Gasteiger partial charge is 0.133 e. The molecule has 1 heterocycles. The van der Waals surface area contributed by atoms with Gasteiger partial charge in [0.1, 0.15) is 5.15 Å². The van der Waals surface area contributed by atoms with Crippen LogP contribution in [0.25, 0.3) is 10.9 Å². The first-order valence-electron chi connectivity index (χ1n) is 6.01. The van der Waals surface area contributed by atoms with Gasteiger partial charge < -0.3 is 4.74 Å². The number of pyridine rings is 1. The number of halogens is 1. The number of ether oxygens (including phenoxy) is 1. The highest BCUT2D eigenvalue weighted by atomic mass is 35.5. The molecule has 0 unspecified atom stereocenters. The molecule has 2 aromatic rings. The summed E-state index contributed by atoms with van der Waals surface area (Å²) in [6.07, 6.45) is 0. The Morgan fingerprint density at radius 1 is 1.28 bits per heavy atom. The van der Waals surface area contributed by atoms with E-state index in [1.807, 2.05) is 12.1 Å². The van der Waals surface area contributed by atoms with E-state index < -0.39 is 0 Å². The average molecular weight is 264 g/mol. The van der Waals surface area contributed by atoms with Gasteiger partial charge in [-0.15, -0.1) is 0 Å². The van der Waals surface area contributed by atoms with E-state index in [0.717, 1.165) is 22.0 Å². The summed E-state index contributed by atoms with van der Waals surface area (Å²) in [5, 5.41) is 1.69. The number of para-hydroxylation sites is 1. The highest BCUT2D eigenvalue weighted by Crippen LogP contribution is 2.31. The summed E-state index contributed by atoms with van der Waals surface area (Å²) < 4.78 is 5.19. The van der Waals surface area contributed by atoms with Crippen molar-refractivity contribution in [3.05, 3.63) is 40.5 Å². The van der Waals surface area contributed by atoms with Crippen LogP contribution >= 0.6 is 11.6 Å².